The van der Waals surface area contributed by atoms with Crippen molar-refractivity contribution in [2.45, 2.75) is 12.8 Å². The average Bonchev–Trinajstić information content (AvgIpc) is 2.80. The highest BCUT2D eigenvalue weighted by atomic mass is 16.5. The topological polar surface area (TPSA) is 66.5 Å². The SMILES string of the molecule is CN(C)c1cc(Nc2ccccc2)cc(-c2ccnc(NC(=O)C3CCOCC3)c2)c1. The summed E-state index contributed by atoms with van der Waals surface area (Å²) in [6.45, 7) is 1.28. The van der Waals surface area contributed by atoms with E-state index in [-0.39, 0.29) is 11.8 Å². The molecule has 1 aromatic heterocycles. The third-order valence-electron chi connectivity index (χ3n) is 5.43. The number of amides is 1. The van der Waals surface area contributed by atoms with Crippen LogP contribution in [0.4, 0.5) is 22.9 Å². The minimum atomic E-state index is -0.0158. The largest absolute Gasteiger partial charge is 0.381 e. The Hall–Kier alpha value is -3.38. The highest BCUT2D eigenvalue weighted by Gasteiger charge is 2.22. The first kappa shape index (κ1) is 20.9. The summed E-state index contributed by atoms with van der Waals surface area (Å²) in [5.74, 6) is 0.571. The predicted octanol–water partition coefficient (Wildman–Crippen LogP) is 4.92. The Labute approximate surface area is 183 Å². The van der Waals surface area contributed by atoms with Gasteiger partial charge in [0.05, 0.1) is 0 Å². The van der Waals surface area contributed by atoms with E-state index in [1.165, 1.54) is 0 Å². The number of anilines is 4. The van der Waals surface area contributed by atoms with Crippen molar-refractivity contribution >= 4 is 28.8 Å². The third kappa shape index (κ3) is 5.41. The summed E-state index contributed by atoms with van der Waals surface area (Å²) >= 11 is 0. The number of carbonyl (C=O) groups is 1. The molecule has 1 saturated heterocycles. The van der Waals surface area contributed by atoms with Crippen LogP contribution in [0.5, 0.6) is 0 Å². The molecule has 0 aliphatic carbocycles. The first-order valence-corrected chi connectivity index (χ1v) is 10.6. The predicted molar refractivity (Wildman–Crippen MR) is 126 cm³/mol. The number of para-hydroxylation sites is 1. The molecule has 3 aromatic rings. The van der Waals surface area contributed by atoms with Gasteiger partial charge in [-0.2, -0.15) is 0 Å². The van der Waals surface area contributed by atoms with Crippen LogP contribution in [0, 0.1) is 5.92 Å². The molecule has 0 atom stereocenters. The average molecular weight is 417 g/mol. The molecule has 2 heterocycles. The standard InChI is InChI=1S/C25H28N4O2/c1-29(2)23-15-20(14-22(17-23)27-21-6-4-3-5-7-21)19-8-11-26-24(16-19)28-25(30)18-9-12-31-13-10-18/h3-8,11,14-18,27H,9-10,12-13H2,1-2H3,(H,26,28,30). The van der Waals surface area contributed by atoms with Gasteiger partial charge in [-0.05, 0) is 66.4 Å². The molecule has 1 aliphatic rings. The first-order chi connectivity index (χ1) is 15.1. The lowest BCUT2D eigenvalue weighted by Crippen LogP contribution is -2.28. The second-order valence-corrected chi connectivity index (χ2v) is 7.96. The van der Waals surface area contributed by atoms with Gasteiger partial charge < -0.3 is 20.3 Å². The minimum Gasteiger partial charge on any atom is -0.381 e. The zero-order chi connectivity index (χ0) is 21.6. The van der Waals surface area contributed by atoms with Crippen LogP contribution in [0.15, 0.2) is 66.9 Å². The number of nitrogens with zero attached hydrogens (tertiary/aromatic N) is 2. The fourth-order valence-electron chi connectivity index (χ4n) is 3.66. The number of pyridine rings is 1. The molecule has 0 radical (unpaired) electrons. The number of rotatable bonds is 6. The molecule has 0 unspecified atom stereocenters. The molecule has 2 N–H and O–H groups in total. The first-order valence-electron chi connectivity index (χ1n) is 10.6. The summed E-state index contributed by atoms with van der Waals surface area (Å²) in [5, 5.41) is 6.46. The van der Waals surface area contributed by atoms with Crippen molar-refractivity contribution in [3.05, 3.63) is 66.9 Å². The fourth-order valence-corrected chi connectivity index (χ4v) is 3.66. The molecule has 6 nitrogen and oxygen atoms in total. The van der Waals surface area contributed by atoms with Crippen LogP contribution in [0.3, 0.4) is 0 Å². The highest BCUT2D eigenvalue weighted by Crippen LogP contribution is 2.31. The van der Waals surface area contributed by atoms with E-state index in [1.54, 1.807) is 6.20 Å². The maximum Gasteiger partial charge on any atom is 0.228 e. The highest BCUT2D eigenvalue weighted by molar-refractivity contribution is 5.92. The Morgan fingerprint density at radius 3 is 2.48 bits per heavy atom. The molecule has 4 rings (SSSR count). The molecule has 31 heavy (non-hydrogen) atoms. The van der Waals surface area contributed by atoms with Gasteiger partial charge in [0, 0.05) is 56.5 Å². The Kier molecular flexibility index (Phi) is 6.48. The van der Waals surface area contributed by atoms with E-state index in [9.17, 15) is 4.79 Å². The van der Waals surface area contributed by atoms with Crippen LogP contribution in [0.2, 0.25) is 0 Å². The van der Waals surface area contributed by atoms with Gasteiger partial charge in [0.25, 0.3) is 0 Å². The summed E-state index contributed by atoms with van der Waals surface area (Å²) in [6.07, 6.45) is 3.25. The quantitative estimate of drug-likeness (QED) is 0.597. The van der Waals surface area contributed by atoms with E-state index in [4.69, 9.17) is 4.74 Å². The second-order valence-electron chi connectivity index (χ2n) is 7.96. The number of carbonyl (C=O) groups excluding carboxylic acids is 1. The van der Waals surface area contributed by atoms with Crippen molar-refractivity contribution in [2.24, 2.45) is 5.92 Å². The number of hydrogen-bond donors (Lipinski definition) is 2. The van der Waals surface area contributed by atoms with Gasteiger partial charge in [0.2, 0.25) is 5.91 Å². The van der Waals surface area contributed by atoms with Gasteiger partial charge in [-0.25, -0.2) is 4.98 Å². The zero-order valence-electron chi connectivity index (χ0n) is 18.0. The van der Waals surface area contributed by atoms with Crippen LogP contribution < -0.4 is 15.5 Å². The molecule has 1 fully saturated rings. The second kappa shape index (κ2) is 9.62. The normalized spacial score (nSPS) is 14.1. The number of hydrogen-bond acceptors (Lipinski definition) is 5. The lowest BCUT2D eigenvalue weighted by atomic mass is 9.99. The van der Waals surface area contributed by atoms with Crippen molar-refractivity contribution in [2.75, 3.05) is 42.8 Å². The zero-order valence-corrected chi connectivity index (χ0v) is 18.0. The molecular formula is C25H28N4O2. The van der Waals surface area contributed by atoms with Crippen molar-refractivity contribution in [3.8, 4) is 11.1 Å². The number of nitrogens with one attached hydrogen (secondary N) is 2. The van der Waals surface area contributed by atoms with Crippen LogP contribution in [-0.4, -0.2) is 38.2 Å². The molecule has 160 valence electrons. The molecule has 0 bridgehead atoms. The number of ether oxygens (including phenoxy) is 1. The van der Waals surface area contributed by atoms with Gasteiger partial charge in [0.15, 0.2) is 0 Å². The monoisotopic (exact) mass is 416 g/mol. The van der Waals surface area contributed by atoms with Gasteiger partial charge in [-0.3, -0.25) is 4.79 Å². The molecule has 2 aromatic carbocycles. The Balaban J connectivity index is 1.59. The van der Waals surface area contributed by atoms with Gasteiger partial charge in [-0.15, -0.1) is 0 Å². The van der Waals surface area contributed by atoms with Gasteiger partial charge >= 0.3 is 0 Å². The van der Waals surface area contributed by atoms with Gasteiger partial charge in [-0.1, -0.05) is 18.2 Å². The van der Waals surface area contributed by atoms with Gasteiger partial charge in [0.1, 0.15) is 5.82 Å². The molecule has 1 amide bonds. The fraction of sp³-hybridized carbons (Fsp3) is 0.280. The summed E-state index contributed by atoms with van der Waals surface area (Å²) < 4.78 is 5.36. The van der Waals surface area contributed by atoms with E-state index in [0.717, 1.165) is 41.0 Å². The van der Waals surface area contributed by atoms with Crippen molar-refractivity contribution in [3.63, 3.8) is 0 Å². The Bertz CT molecular complexity index is 1030. The van der Waals surface area contributed by atoms with E-state index >= 15 is 0 Å². The maximum atomic E-state index is 12.6. The lowest BCUT2D eigenvalue weighted by molar-refractivity contribution is -0.122. The third-order valence-corrected chi connectivity index (χ3v) is 5.43. The molecule has 6 heteroatoms. The van der Waals surface area contributed by atoms with Crippen LogP contribution >= 0.6 is 0 Å². The smallest absolute Gasteiger partial charge is 0.228 e. The van der Waals surface area contributed by atoms with E-state index in [2.05, 4.69) is 38.7 Å². The Morgan fingerprint density at radius 1 is 0.968 bits per heavy atom. The van der Waals surface area contributed by atoms with E-state index < -0.39 is 0 Å². The van der Waals surface area contributed by atoms with Crippen molar-refractivity contribution in [1.29, 1.82) is 0 Å². The van der Waals surface area contributed by atoms with Crippen molar-refractivity contribution in [1.82, 2.24) is 4.98 Å². The molecule has 0 saturated carbocycles. The molecule has 1 aliphatic heterocycles. The van der Waals surface area contributed by atoms with E-state index in [1.807, 2.05) is 56.6 Å². The number of aromatic nitrogens is 1. The van der Waals surface area contributed by atoms with Crippen LogP contribution in [-0.2, 0) is 9.53 Å². The van der Waals surface area contributed by atoms with Crippen LogP contribution in [0.1, 0.15) is 12.8 Å². The molecule has 0 spiro atoms. The van der Waals surface area contributed by atoms with Crippen molar-refractivity contribution < 1.29 is 9.53 Å². The lowest BCUT2D eigenvalue weighted by Gasteiger charge is -2.21. The summed E-state index contributed by atoms with van der Waals surface area (Å²) in [5.41, 5.74) is 5.16. The maximum absolute atomic E-state index is 12.6. The minimum absolute atomic E-state index is 0.0152. The Morgan fingerprint density at radius 2 is 1.74 bits per heavy atom. The summed E-state index contributed by atoms with van der Waals surface area (Å²) in [4.78, 5) is 19.0. The summed E-state index contributed by atoms with van der Waals surface area (Å²) in [6, 6.07) is 20.4. The van der Waals surface area contributed by atoms with Crippen LogP contribution in [0.25, 0.3) is 11.1 Å². The van der Waals surface area contributed by atoms with E-state index in [0.29, 0.717) is 19.0 Å². The summed E-state index contributed by atoms with van der Waals surface area (Å²) in [7, 11) is 4.05. The number of benzene rings is 2. The molecular weight excluding hydrogens is 388 g/mol.